The Morgan fingerprint density at radius 2 is 2.00 bits per heavy atom. The Bertz CT molecular complexity index is 474. The molecular weight excluding hydrogens is 230 g/mol. The van der Waals surface area contributed by atoms with E-state index in [2.05, 4.69) is 47.8 Å². The highest BCUT2D eigenvalue weighted by atomic mass is 32.1. The highest BCUT2D eigenvalue weighted by Crippen LogP contribution is 2.31. The predicted octanol–water partition coefficient (Wildman–Crippen LogP) is 3.08. The summed E-state index contributed by atoms with van der Waals surface area (Å²) in [4.78, 5) is 2.69. The predicted molar refractivity (Wildman–Crippen MR) is 71.3 cm³/mol. The Kier molecular flexibility index (Phi) is 3.22. The molecule has 1 N–H and O–H groups in total. The number of thiophene rings is 1. The molecule has 0 bridgehead atoms. The number of hydrogen-bond acceptors (Lipinski definition) is 3. The summed E-state index contributed by atoms with van der Waals surface area (Å²) in [7, 11) is 0. The van der Waals surface area contributed by atoms with Crippen LogP contribution in [0.25, 0.3) is 10.4 Å². The molecule has 1 aliphatic rings. The van der Waals surface area contributed by atoms with Crippen LogP contribution in [-0.4, -0.2) is 19.8 Å². The molecule has 88 valence electrons. The van der Waals surface area contributed by atoms with Gasteiger partial charge in [0.25, 0.3) is 0 Å². The Hall–Kier alpha value is -1.16. The van der Waals surface area contributed by atoms with Crippen molar-refractivity contribution < 1.29 is 4.74 Å². The van der Waals surface area contributed by atoms with Crippen LogP contribution in [0.15, 0.2) is 42.5 Å². The van der Waals surface area contributed by atoms with Crippen molar-refractivity contribution in [3.63, 3.8) is 0 Å². The summed E-state index contributed by atoms with van der Waals surface area (Å²) >= 11 is 1.85. The largest absolute Gasteiger partial charge is 0.378 e. The first kappa shape index (κ1) is 11.0. The fraction of sp³-hybridized carbons (Fsp3) is 0.286. The molecule has 3 rings (SSSR count). The average Bonchev–Trinajstić information content (AvgIpc) is 2.90. The summed E-state index contributed by atoms with van der Waals surface area (Å²) in [5, 5.41) is 3.49. The topological polar surface area (TPSA) is 21.3 Å². The van der Waals surface area contributed by atoms with E-state index in [4.69, 9.17) is 4.74 Å². The molecule has 0 radical (unpaired) electrons. The summed E-state index contributed by atoms with van der Waals surface area (Å²) in [5.41, 5.74) is 1.29. The standard InChI is InChI=1S/C14H15NOS/c1-2-4-11(5-3-1)13-6-7-14(17-13)12-10-16-9-8-15-12/h1-7,12,15H,8-10H2. The third-order valence-electron chi connectivity index (χ3n) is 2.95. The Morgan fingerprint density at radius 1 is 1.12 bits per heavy atom. The molecule has 1 fully saturated rings. The number of benzene rings is 1. The molecule has 0 amide bonds. The maximum atomic E-state index is 5.50. The van der Waals surface area contributed by atoms with Crippen LogP contribution in [-0.2, 0) is 4.74 Å². The summed E-state index contributed by atoms with van der Waals surface area (Å²) in [6.45, 7) is 2.56. The van der Waals surface area contributed by atoms with Crippen LogP contribution < -0.4 is 5.32 Å². The summed E-state index contributed by atoms with van der Waals surface area (Å²) < 4.78 is 5.50. The van der Waals surface area contributed by atoms with Gasteiger partial charge in [0.1, 0.15) is 0 Å². The van der Waals surface area contributed by atoms with Gasteiger partial charge in [-0.2, -0.15) is 0 Å². The van der Waals surface area contributed by atoms with Crippen molar-refractivity contribution in [3.8, 4) is 10.4 Å². The first-order valence-corrected chi connectivity index (χ1v) is 6.71. The molecular formula is C14H15NOS. The monoisotopic (exact) mass is 245 g/mol. The van der Waals surface area contributed by atoms with E-state index in [0.29, 0.717) is 6.04 Å². The zero-order chi connectivity index (χ0) is 11.5. The van der Waals surface area contributed by atoms with Crippen molar-refractivity contribution >= 4 is 11.3 Å². The number of morpholine rings is 1. The SMILES string of the molecule is c1ccc(-c2ccc(C3COCCN3)s2)cc1. The van der Waals surface area contributed by atoms with Gasteiger partial charge in [-0.3, -0.25) is 0 Å². The molecule has 0 aliphatic carbocycles. The minimum Gasteiger partial charge on any atom is -0.378 e. The normalized spacial score (nSPS) is 20.4. The van der Waals surface area contributed by atoms with E-state index < -0.39 is 0 Å². The van der Waals surface area contributed by atoms with Crippen molar-refractivity contribution in [2.24, 2.45) is 0 Å². The molecule has 1 aromatic carbocycles. The molecule has 17 heavy (non-hydrogen) atoms. The lowest BCUT2D eigenvalue weighted by Gasteiger charge is -2.22. The van der Waals surface area contributed by atoms with Crippen LogP contribution in [0.5, 0.6) is 0 Å². The van der Waals surface area contributed by atoms with E-state index in [0.717, 1.165) is 19.8 Å². The van der Waals surface area contributed by atoms with Crippen molar-refractivity contribution in [2.75, 3.05) is 19.8 Å². The van der Waals surface area contributed by atoms with Crippen LogP contribution in [0, 0.1) is 0 Å². The minimum absolute atomic E-state index is 0.367. The van der Waals surface area contributed by atoms with Gasteiger partial charge in [-0.15, -0.1) is 11.3 Å². The zero-order valence-corrected chi connectivity index (χ0v) is 10.4. The third kappa shape index (κ3) is 2.41. The van der Waals surface area contributed by atoms with Crippen LogP contribution in [0.4, 0.5) is 0 Å². The first-order valence-electron chi connectivity index (χ1n) is 5.90. The number of nitrogens with one attached hydrogen (secondary N) is 1. The van der Waals surface area contributed by atoms with Crippen molar-refractivity contribution in [1.82, 2.24) is 5.32 Å². The lowest BCUT2D eigenvalue weighted by atomic mass is 10.2. The number of hydrogen-bond donors (Lipinski definition) is 1. The summed E-state index contributed by atoms with van der Waals surface area (Å²) in [6.07, 6.45) is 0. The van der Waals surface area contributed by atoms with Crippen LogP contribution in [0.2, 0.25) is 0 Å². The molecule has 0 saturated carbocycles. The molecule has 2 nitrogen and oxygen atoms in total. The van der Waals surface area contributed by atoms with Crippen molar-refractivity contribution in [1.29, 1.82) is 0 Å². The maximum Gasteiger partial charge on any atom is 0.0670 e. The van der Waals surface area contributed by atoms with Crippen LogP contribution >= 0.6 is 11.3 Å². The average molecular weight is 245 g/mol. The van der Waals surface area contributed by atoms with E-state index in [1.54, 1.807) is 0 Å². The van der Waals surface area contributed by atoms with Crippen LogP contribution in [0.3, 0.4) is 0 Å². The van der Waals surface area contributed by atoms with E-state index in [-0.39, 0.29) is 0 Å². The lowest BCUT2D eigenvalue weighted by Crippen LogP contribution is -2.33. The smallest absolute Gasteiger partial charge is 0.0670 e. The second-order valence-corrected chi connectivity index (χ2v) is 5.27. The summed E-state index contributed by atoms with van der Waals surface area (Å²) in [6, 6.07) is 15.3. The third-order valence-corrected chi connectivity index (χ3v) is 4.20. The fourth-order valence-electron chi connectivity index (χ4n) is 2.05. The highest BCUT2D eigenvalue weighted by molar-refractivity contribution is 7.15. The zero-order valence-electron chi connectivity index (χ0n) is 9.56. The summed E-state index contributed by atoms with van der Waals surface area (Å²) in [5.74, 6) is 0. The van der Waals surface area contributed by atoms with Crippen molar-refractivity contribution in [3.05, 3.63) is 47.3 Å². The van der Waals surface area contributed by atoms with E-state index in [1.165, 1.54) is 15.3 Å². The number of ether oxygens (including phenoxy) is 1. The van der Waals surface area contributed by atoms with E-state index >= 15 is 0 Å². The van der Waals surface area contributed by atoms with Gasteiger partial charge >= 0.3 is 0 Å². The van der Waals surface area contributed by atoms with Gasteiger partial charge < -0.3 is 10.1 Å². The highest BCUT2D eigenvalue weighted by Gasteiger charge is 2.17. The molecule has 1 aromatic heterocycles. The minimum atomic E-state index is 0.367. The van der Waals surface area contributed by atoms with Gasteiger partial charge in [0.05, 0.1) is 19.3 Å². The molecule has 0 spiro atoms. The maximum absolute atomic E-state index is 5.50. The van der Waals surface area contributed by atoms with Gasteiger partial charge in [0.2, 0.25) is 0 Å². The van der Waals surface area contributed by atoms with Crippen LogP contribution in [0.1, 0.15) is 10.9 Å². The molecule has 3 heteroatoms. The van der Waals surface area contributed by atoms with Gasteiger partial charge in [-0.05, 0) is 17.7 Å². The molecule has 2 aromatic rings. The van der Waals surface area contributed by atoms with Crippen molar-refractivity contribution in [2.45, 2.75) is 6.04 Å². The van der Waals surface area contributed by atoms with E-state index in [9.17, 15) is 0 Å². The molecule has 1 aliphatic heterocycles. The second kappa shape index (κ2) is 5.00. The molecule has 1 saturated heterocycles. The quantitative estimate of drug-likeness (QED) is 0.878. The van der Waals surface area contributed by atoms with Gasteiger partial charge in [0.15, 0.2) is 0 Å². The lowest BCUT2D eigenvalue weighted by molar-refractivity contribution is 0.0779. The van der Waals surface area contributed by atoms with Gasteiger partial charge in [0, 0.05) is 16.3 Å². The Balaban J connectivity index is 1.83. The fourth-order valence-corrected chi connectivity index (χ4v) is 3.12. The second-order valence-electron chi connectivity index (χ2n) is 4.15. The first-order chi connectivity index (χ1) is 8.43. The number of rotatable bonds is 2. The molecule has 1 unspecified atom stereocenters. The molecule has 1 atom stereocenters. The molecule has 2 heterocycles. The Labute approximate surface area is 105 Å². The van der Waals surface area contributed by atoms with Gasteiger partial charge in [-0.25, -0.2) is 0 Å². The van der Waals surface area contributed by atoms with Gasteiger partial charge in [-0.1, -0.05) is 30.3 Å². The Morgan fingerprint density at radius 3 is 2.76 bits per heavy atom. The van der Waals surface area contributed by atoms with E-state index in [1.807, 2.05) is 11.3 Å².